The van der Waals surface area contributed by atoms with Gasteiger partial charge >= 0.3 is 0 Å². The molecular weight excluding hydrogens is 694 g/mol. The van der Waals surface area contributed by atoms with Gasteiger partial charge in [-0.2, -0.15) is 0 Å². The number of rotatable bonds is 6. The number of carbonyl (C=O) groups is 2. The maximum absolute atomic E-state index is 12.7. The summed E-state index contributed by atoms with van der Waals surface area (Å²) in [4.78, 5) is 26.3. The molecule has 1 heterocycles. The number of nitrogens with zero attached hydrogens (tertiary/aromatic N) is 1. The van der Waals surface area contributed by atoms with E-state index in [0.717, 1.165) is 28.5 Å². The first-order valence-corrected chi connectivity index (χ1v) is 12.0. The van der Waals surface area contributed by atoms with E-state index < -0.39 is 11.8 Å². The number of hydrogen-bond acceptors (Lipinski definition) is 4. The summed E-state index contributed by atoms with van der Waals surface area (Å²) in [6, 6.07) is 11.7. The molecule has 1 saturated heterocycles. The zero-order chi connectivity index (χ0) is 21.8. The van der Waals surface area contributed by atoms with Crippen molar-refractivity contribution in [3.63, 3.8) is 0 Å². The van der Waals surface area contributed by atoms with Crippen molar-refractivity contribution in [3.8, 4) is 5.75 Å². The summed E-state index contributed by atoms with van der Waals surface area (Å²) in [6.07, 6.45) is 3.13. The zero-order valence-corrected chi connectivity index (χ0v) is 22.2. The van der Waals surface area contributed by atoms with Gasteiger partial charge < -0.3 is 4.74 Å². The maximum atomic E-state index is 12.7. The molecule has 0 atom stereocenters. The Hall–Kier alpha value is -1.31. The molecule has 30 heavy (non-hydrogen) atoms. The van der Waals surface area contributed by atoms with Crippen molar-refractivity contribution in [2.75, 3.05) is 6.54 Å². The molecule has 0 spiro atoms. The quantitative estimate of drug-likeness (QED) is 0.150. The highest BCUT2D eigenvalue weighted by Gasteiger charge is 2.32. The molecule has 3 rings (SSSR count). The largest absolute Gasteiger partial charge is 0.487 e. The Balaban J connectivity index is 1.84. The minimum atomic E-state index is -0.508. The van der Waals surface area contributed by atoms with Crippen molar-refractivity contribution >= 4 is 96.3 Å². The van der Waals surface area contributed by atoms with Crippen molar-refractivity contribution in [3.05, 3.63) is 77.4 Å². The van der Waals surface area contributed by atoms with E-state index in [1.165, 1.54) is 4.90 Å². The second-order valence-electron chi connectivity index (χ2n) is 6.25. The molecule has 1 N–H and O–H groups in total. The third-order valence-corrected chi connectivity index (χ3v) is 6.58. The lowest BCUT2D eigenvalue weighted by molar-refractivity contribution is -0.128. The van der Waals surface area contributed by atoms with Crippen LogP contribution in [-0.4, -0.2) is 28.4 Å². The Morgan fingerprint density at radius 2 is 1.80 bits per heavy atom. The number of amides is 2. The summed E-state index contributed by atoms with van der Waals surface area (Å²) in [5.41, 5.74) is 1.81. The number of carbonyl (C=O) groups excluding carboxylic acids is 2. The molecule has 1 aliphatic rings. The van der Waals surface area contributed by atoms with Gasteiger partial charge in [0.15, 0.2) is 5.11 Å². The maximum Gasteiger partial charge on any atom is 0.265 e. The van der Waals surface area contributed by atoms with E-state index in [4.69, 9.17) is 17.0 Å². The van der Waals surface area contributed by atoms with Gasteiger partial charge in [0.05, 0.1) is 7.14 Å². The van der Waals surface area contributed by atoms with E-state index in [1.807, 2.05) is 36.4 Å². The number of benzene rings is 2. The summed E-state index contributed by atoms with van der Waals surface area (Å²) < 4.78 is 8.79. The fourth-order valence-corrected chi connectivity index (χ4v) is 5.33. The first kappa shape index (κ1) is 23.4. The summed E-state index contributed by atoms with van der Waals surface area (Å²) in [6.45, 7) is 4.29. The molecule has 0 saturated carbocycles. The molecule has 2 amide bonds. The van der Waals surface area contributed by atoms with Gasteiger partial charge in [-0.05, 0) is 98.9 Å². The van der Waals surface area contributed by atoms with Crippen LogP contribution in [0.5, 0.6) is 5.75 Å². The molecule has 2 aromatic rings. The Morgan fingerprint density at radius 1 is 1.17 bits per heavy atom. The van der Waals surface area contributed by atoms with E-state index in [2.05, 4.69) is 73.0 Å². The molecule has 2 aromatic carbocycles. The minimum Gasteiger partial charge on any atom is -0.487 e. The number of thiocarbonyl (C=S) groups is 1. The lowest BCUT2D eigenvalue weighted by Gasteiger charge is -2.27. The molecule has 0 aromatic heterocycles. The van der Waals surface area contributed by atoms with Gasteiger partial charge in [-0.15, -0.1) is 6.58 Å². The second kappa shape index (κ2) is 10.3. The molecule has 0 unspecified atom stereocenters. The second-order valence-corrected chi connectivity index (χ2v) is 9.88. The van der Waals surface area contributed by atoms with Gasteiger partial charge in [0.2, 0.25) is 0 Å². The predicted molar refractivity (Wildman–Crippen MR) is 141 cm³/mol. The van der Waals surface area contributed by atoms with Crippen LogP contribution in [0.25, 0.3) is 6.08 Å². The van der Waals surface area contributed by atoms with Crippen LogP contribution >= 0.6 is 73.3 Å². The normalized spacial score (nSPS) is 15.4. The van der Waals surface area contributed by atoms with Crippen LogP contribution in [0, 0.1) is 7.14 Å². The molecular formula is C21H15BrI2N2O3S. The Kier molecular flexibility index (Phi) is 8.04. The Morgan fingerprint density at radius 3 is 2.40 bits per heavy atom. The molecule has 0 bridgehead atoms. The van der Waals surface area contributed by atoms with Crippen LogP contribution in [-0.2, 0) is 16.2 Å². The fourth-order valence-electron chi connectivity index (χ4n) is 2.69. The highest BCUT2D eigenvalue weighted by Crippen LogP contribution is 2.31. The van der Waals surface area contributed by atoms with Crippen LogP contribution in [0.3, 0.4) is 0 Å². The van der Waals surface area contributed by atoms with Crippen LogP contribution < -0.4 is 10.1 Å². The first-order chi connectivity index (χ1) is 14.3. The lowest BCUT2D eigenvalue weighted by atomic mass is 10.1. The zero-order valence-electron chi connectivity index (χ0n) is 15.5. The summed E-state index contributed by atoms with van der Waals surface area (Å²) >= 11 is 12.9. The van der Waals surface area contributed by atoms with Crippen molar-refractivity contribution in [2.24, 2.45) is 0 Å². The van der Waals surface area contributed by atoms with E-state index in [9.17, 15) is 9.59 Å². The van der Waals surface area contributed by atoms with E-state index in [0.29, 0.717) is 6.61 Å². The number of nitrogens with one attached hydrogen (secondary N) is 1. The predicted octanol–water partition coefficient (Wildman–Crippen LogP) is 5.05. The fraction of sp³-hybridized carbons (Fsp3) is 0.0952. The SMILES string of the molecule is C=CCN1C(=O)/C(=C/c2cc(I)c(OCc3ccc(Br)cc3)c(I)c2)C(=O)NC1=S. The standard InChI is InChI=1S/C21H15BrI2N2O3S/c1-2-7-26-20(28)15(19(27)25-21(26)30)8-13-9-16(23)18(17(24)10-13)29-11-12-3-5-14(22)6-4-12/h2-6,8-10H,1,7,11H2,(H,25,27,30)/b15-8+. The van der Waals surface area contributed by atoms with Crippen LogP contribution in [0.15, 0.2) is 59.1 Å². The van der Waals surface area contributed by atoms with Gasteiger partial charge in [-0.3, -0.25) is 19.8 Å². The Labute approximate surface area is 215 Å². The number of halogens is 3. The van der Waals surface area contributed by atoms with Crippen LogP contribution in [0.2, 0.25) is 0 Å². The molecule has 1 aliphatic heterocycles. The topological polar surface area (TPSA) is 58.6 Å². The van der Waals surface area contributed by atoms with E-state index >= 15 is 0 Å². The van der Waals surface area contributed by atoms with Crippen molar-refractivity contribution in [2.45, 2.75) is 6.61 Å². The first-order valence-electron chi connectivity index (χ1n) is 8.66. The van der Waals surface area contributed by atoms with Crippen molar-refractivity contribution < 1.29 is 14.3 Å². The molecule has 154 valence electrons. The number of ether oxygens (including phenoxy) is 1. The van der Waals surface area contributed by atoms with Gasteiger partial charge in [0.25, 0.3) is 11.8 Å². The average Bonchev–Trinajstić information content (AvgIpc) is 2.69. The van der Waals surface area contributed by atoms with Gasteiger partial charge in [-0.1, -0.05) is 34.1 Å². The van der Waals surface area contributed by atoms with E-state index in [1.54, 1.807) is 12.2 Å². The molecule has 5 nitrogen and oxygen atoms in total. The third-order valence-electron chi connectivity index (χ3n) is 4.13. The molecule has 0 aliphatic carbocycles. The van der Waals surface area contributed by atoms with Crippen molar-refractivity contribution in [1.29, 1.82) is 0 Å². The monoisotopic (exact) mass is 708 g/mol. The minimum absolute atomic E-state index is 0.0283. The average molecular weight is 709 g/mol. The Bertz CT molecular complexity index is 1050. The highest BCUT2D eigenvalue weighted by molar-refractivity contribution is 14.1. The van der Waals surface area contributed by atoms with Gasteiger partial charge in [0.1, 0.15) is 17.9 Å². The third kappa shape index (κ3) is 5.48. The molecule has 1 fully saturated rings. The van der Waals surface area contributed by atoms with Crippen molar-refractivity contribution in [1.82, 2.24) is 10.2 Å². The molecule has 9 heteroatoms. The number of hydrogen-bond donors (Lipinski definition) is 1. The smallest absolute Gasteiger partial charge is 0.265 e. The molecule has 0 radical (unpaired) electrons. The summed E-state index contributed by atoms with van der Waals surface area (Å²) in [5.74, 6) is -0.190. The van der Waals surface area contributed by atoms with Gasteiger partial charge in [-0.25, -0.2) is 0 Å². The summed E-state index contributed by atoms with van der Waals surface area (Å²) in [7, 11) is 0. The van der Waals surface area contributed by atoms with E-state index in [-0.39, 0.29) is 17.2 Å². The highest BCUT2D eigenvalue weighted by atomic mass is 127. The van der Waals surface area contributed by atoms with Crippen LogP contribution in [0.4, 0.5) is 0 Å². The summed E-state index contributed by atoms with van der Waals surface area (Å²) in [5, 5.41) is 2.63. The van der Waals surface area contributed by atoms with Gasteiger partial charge in [0, 0.05) is 11.0 Å². The van der Waals surface area contributed by atoms with Crippen LogP contribution in [0.1, 0.15) is 11.1 Å². The lowest BCUT2D eigenvalue weighted by Crippen LogP contribution is -2.53.